The van der Waals surface area contributed by atoms with E-state index in [1.165, 1.54) is 0 Å². The van der Waals surface area contributed by atoms with Gasteiger partial charge in [-0.15, -0.1) is 0 Å². The van der Waals surface area contributed by atoms with Gasteiger partial charge in [-0.1, -0.05) is 13.8 Å². The van der Waals surface area contributed by atoms with Crippen LogP contribution in [0.15, 0.2) is 24.3 Å². The first kappa shape index (κ1) is 17.3. The monoisotopic (exact) mass is 294 g/mol. The van der Waals surface area contributed by atoms with Crippen molar-refractivity contribution >= 4 is 5.91 Å². The molecule has 0 aromatic heterocycles. The van der Waals surface area contributed by atoms with Crippen molar-refractivity contribution in [3.63, 3.8) is 0 Å². The fourth-order valence-corrected chi connectivity index (χ4v) is 1.73. The topological polar surface area (TPSA) is 73.6 Å². The Kier molecular flexibility index (Phi) is 6.49. The Morgan fingerprint density at radius 3 is 2.19 bits per heavy atom. The Morgan fingerprint density at radius 1 is 1.24 bits per heavy atom. The van der Waals surface area contributed by atoms with Gasteiger partial charge in [-0.05, 0) is 44.0 Å². The zero-order valence-electron chi connectivity index (χ0n) is 13.3. The number of amides is 1. The smallest absolute Gasteiger partial charge is 0.258 e. The Labute approximate surface area is 126 Å². The lowest BCUT2D eigenvalue weighted by atomic mass is 9.88. The van der Waals surface area contributed by atoms with E-state index >= 15 is 0 Å². The molecule has 0 radical (unpaired) electrons. The highest BCUT2D eigenvalue weighted by molar-refractivity contribution is 5.78. The second-order valence-corrected chi connectivity index (χ2v) is 5.52. The van der Waals surface area contributed by atoms with Crippen LogP contribution in [0, 0.1) is 5.92 Å². The molecule has 0 aliphatic heterocycles. The van der Waals surface area contributed by atoms with Crippen LogP contribution in [-0.4, -0.2) is 31.2 Å². The summed E-state index contributed by atoms with van der Waals surface area (Å²) in [5.74, 6) is 1.49. The number of benzene rings is 1. The fourth-order valence-electron chi connectivity index (χ4n) is 1.73. The van der Waals surface area contributed by atoms with E-state index in [1.807, 2.05) is 39.8 Å². The van der Waals surface area contributed by atoms with E-state index < -0.39 is 5.54 Å². The van der Waals surface area contributed by atoms with Crippen molar-refractivity contribution in [1.29, 1.82) is 0 Å². The van der Waals surface area contributed by atoms with Gasteiger partial charge >= 0.3 is 0 Å². The molecule has 5 heteroatoms. The fraction of sp³-hybridized carbons (Fsp3) is 0.562. The molecule has 0 saturated heterocycles. The van der Waals surface area contributed by atoms with Gasteiger partial charge in [-0.25, -0.2) is 0 Å². The molecule has 0 saturated carbocycles. The summed E-state index contributed by atoms with van der Waals surface area (Å²) >= 11 is 0. The van der Waals surface area contributed by atoms with Crippen LogP contribution in [0.2, 0.25) is 0 Å². The lowest BCUT2D eigenvalue weighted by Crippen LogP contribution is -2.56. The van der Waals surface area contributed by atoms with Crippen molar-refractivity contribution in [2.24, 2.45) is 11.7 Å². The van der Waals surface area contributed by atoms with Gasteiger partial charge in [0, 0.05) is 6.54 Å². The number of hydrogen-bond donors (Lipinski definition) is 2. The minimum Gasteiger partial charge on any atom is -0.494 e. The number of nitrogens with two attached hydrogens (primary N) is 1. The molecule has 0 fully saturated rings. The molecule has 1 atom stereocenters. The third kappa shape index (κ3) is 5.27. The highest BCUT2D eigenvalue weighted by Crippen LogP contribution is 2.18. The van der Waals surface area contributed by atoms with Crippen LogP contribution < -0.4 is 20.5 Å². The summed E-state index contributed by atoms with van der Waals surface area (Å²) < 4.78 is 10.8. The lowest BCUT2D eigenvalue weighted by molar-refractivity contribution is -0.125. The number of carbonyl (C=O) groups is 1. The van der Waals surface area contributed by atoms with Crippen LogP contribution in [0.3, 0.4) is 0 Å². The van der Waals surface area contributed by atoms with Crippen molar-refractivity contribution in [3.05, 3.63) is 24.3 Å². The van der Waals surface area contributed by atoms with Gasteiger partial charge < -0.3 is 20.5 Å². The summed E-state index contributed by atoms with van der Waals surface area (Å²) in [6.07, 6.45) is 0. The normalized spacial score (nSPS) is 13.6. The van der Waals surface area contributed by atoms with E-state index in [2.05, 4.69) is 5.32 Å². The molecule has 0 heterocycles. The van der Waals surface area contributed by atoms with Crippen molar-refractivity contribution in [2.45, 2.75) is 33.2 Å². The molecule has 1 aromatic carbocycles. The Morgan fingerprint density at radius 2 is 1.76 bits per heavy atom. The molecular formula is C16H26N2O3. The highest BCUT2D eigenvalue weighted by Gasteiger charge is 2.28. The molecule has 21 heavy (non-hydrogen) atoms. The molecular weight excluding hydrogens is 268 g/mol. The molecule has 5 nitrogen and oxygen atoms in total. The minimum absolute atomic E-state index is 0.0315. The van der Waals surface area contributed by atoms with Crippen LogP contribution in [0.25, 0.3) is 0 Å². The molecule has 0 bridgehead atoms. The van der Waals surface area contributed by atoms with Crippen LogP contribution in [0.1, 0.15) is 27.7 Å². The van der Waals surface area contributed by atoms with Crippen LogP contribution in [0.5, 0.6) is 11.5 Å². The lowest BCUT2D eigenvalue weighted by Gasteiger charge is -2.33. The Balaban J connectivity index is 2.49. The molecule has 1 amide bonds. The highest BCUT2D eigenvalue weighted by atomic mass is 16.5. The van der Waals surface area contributed by atoms with Gasteiger partial charge in [0.1, 0.15) is 11.5 Å². The molecule has 1 aromatic rings. The maximum absolute atomic E-state index is 11.9. The maximum atomic E-state index is 11.9. The van der Waals surface area contributed by atoms with Crippen LogP contribution in [0.4, 0.5) is 0 Å². The predicted octanol–water partition coefficient (Wildman–Crippen LogP) is 1.95. The summed E-state index contributed by atoms with van der Waals surface area (Å²) in [5, 5.41) is 2.93. The summed E-state index contributed by atoms with van der Waals surface area (Å²) in [6.45, 7) is 8.90. The number of carbonyl (C=O) groups excluding carboxylic acids is 1. The largest absolute Gasteiger partial charge is 0.494 e. The minimum atomic E-state index is -0.417. The van der Waals surface area contributed by atoms with E-state index in [4.69, 9.17) is 15.2 Å². The zero-order chi connectivity index (χ0) is 15.9. The molecule has 118 valence electrons. The quantitative estimate of drug-likeness (QED) is 0.768. The number of ether oxygens (including phenoxy) is 2. The molecule has 0 spiro atoms. The zero-order valence-corrected chi connectivity index (χ0v) is 13.3. The van der Waals surface area contributed by atoms with E-state index in [-0.39, 0.29) is 18.4 Å². The SMILES string of the molecule is CCOc1ccc(OCC(=O)NC(C)(CN)C(C)C)cc1. The predicted molar refractivity (Wildman–Crippen MR) is 83.5 cm³/mol. The molecule has 3 N–H and O–H groups in total. The second kappa shape index (κ2) is 7.88. The van der Waals surface area contributed by atoms with Gasteiger partial charge in [0.05, 0.1) is 12.1 Å². The van der Waals surface area contributed by atoms with Gasteiger partial charge in [-0.3, -0.25) is 4.79 Å². The summed E-state index contributed by atoms with van der Waals surface area (Å²) in [4.78, 5) is 11.9. The first-order valence-corrected chi connectivity index (χ1v) is 7.28. The number of nitrogens with one attached hydrogen (secondary N) is 1. The standard InChI is InChI=1S/C16H26N2O3/c1-5-20-13-6-8-14(9-7-13)21-10-15(19)18-16(4,11-17)12(2)3/h6-9,12H,5,10-11,17H2,1-4H3,(H,18,19). The van der Waals surface area contributed by atoms with Crippen LogP contribution in [-0.2, 0) is 4.79 Å². The summed E-state index contributed by atoms with van der Waals surface area (Å²) in [7, 11) is 0. The number of rotatable bonds is 8. The van der Waals surface area contributed by atoms with E-state index in [0.29, 0.717) is 18.9 Å². The van der Waals surface area contributed by atoms with E-state index in [0.717, 1.165) is 5.75 Å². The van der Waals surface area contributed by atoms with Crippen LogP contribution >= 0.6 is 0 Å². The third-order valence-electron chi connectivity index (χ3n) is 3.63. The van der Waals surface area contributed by atoms with E-state index in [9.17, 15) is 4.79 Å². The molecule has 1 rings (SSSR count). The maximum Gasteiger partial charge on any atom is 0.258 e. The third-order valence-corrected chi connectivity index (χ3v) is 3.63. The van der Waals surface area contributed by atoms with Crippen molar-refractivity contribution in [1.82, 2.24) is 5.32 Å². The average Bonchev–Trinajstić information content (AvgIpc) is 2.46. The molecule has 0 aliphatic rings. The summed E-state index contributed by atoms with van der Waals surface area (Å²) in [5.41, 5.74) is 5.32. The van der Waals surface area contributed by atoms with Crippen molar-refractivity contribution < 1.29 is 14.3 Å². The second-order valence-electron chi connectivity index (χ2n) is 5.52. The Hall–Kier alpha value is -1.75. The van der Waals surface area contributed by atoms with Gasteiger partial charge in [0.2, 0.25) is 0 Å². The van der Waals surface area contributed by atoms with Gasteiger partial charge in [0.15, 0.2) is 6.61 Å². The first-order chi connectivity index (χ1) is 9.91. The average molecular weight is 294 g/mol. The van der Waals surface area contributed by atoms with E-state index in [1.54, 1.807) is 12.1 Å². The van der Waals surface area contributed by atoms with Crippen molar-refractivity contribution in [2.75, 3.05) is 19.8 Å². The summed E-state index contributed by atoms with van der Waals surface area (Å²) in [6, 6.07) is 7.19. The molecule has 1 unspecified atom stereocenters. The Bertz CT molecular complexity index is 445. The van der Waals surface area contributed by atoms with Gasteiger partial charge in [-0.2, -0.15) is 0 Å². The molecule has 0 aliphatic carbocycles. The first-order valence-electron chi connectivity index (χ1n) is 7.28. The number of hydrogen-bond acceptors (Lipinski definition) is 4. The van der Waals surface area contributed by atoms with Gasteiger partial charge in [0.25, 0.3) is 5.91 Å². The van der Waals surface area contributed by atoms with Crippen molar-refractivity contribution in [3.8, 4) is 11.5 Å².